The van der Waals surface area contributed by atoms with Crippen molar-refractivity contribution < 1.29 is 13.2 Å². The number of hydrogen-bond acceptors (Lipinski definition) is 1. The molecule has 0 amide bonds. The topological polar surface area (TPSA) is 17.8 Å². The molecule has 0 saturated heterocycles. The Hall–Kier alpha value is -0.270. The van der Waals surface area contributed by atoms with E-state index in [0.717, 1.165) is 3.57 Å². The summed E-state index contributed by atoms with van der Waals surface area (Å²) in [6.07, 6.45) is -1.83. The molecule has 1 aromatic rings. The minimum atomic E-state index is -4.10. The second-order valence-electron chi connectivity index (χ2n) is 2.29. The summed E-state index contributed by atoms with van der Waals surface area (Å²) in [5, 5.41) is 3.73. The largest absolute Gasteiger partial charge is 0.390 e. The van der Waals surface area contributed by atoms with Crippen molar-refractivity contribution in [2.45, 2.75) is 19.1 Å². The predicted octanol–water partition coefficient (Wildman–Crippen LogP) is 2.44. The van der Waals surface area contributed by atoms with Crippen molar-refractivity contribution in [1.82, 2.24) is 9.78 Å². The van der Waals surface area contributed by atoms with Gasteiger partial charge in [0.2, 0.25) is 0 Å². The minimum Gasteiger partial charge on any atom is -0.271 e. The Labute approximate surface area is 80.9 Å². The van der Waals surface area contributed by atoms with Gasteiger partial charge in [0.05, 0.1) is 16.2 Å². The number of alkyl halides is 3. The fraction of sp³-hybridized carbons (Fsp3) is 0.500. The van der Waals surface area contributed by atoms with Crippen molar-refractivity contribution in [3.63, 3.8) is 0 Å². The highest BCUT2D eigenvalue weighted by atomic mass is 127. The summed E-state index contributed by atoms with van der Waals surface area (Å²) in [4.78, 5) is 0. The summed E-state index contributed by atoms with van der Waals surface area (Å²) in [6.45, 7) is -0.105. The molecule has 0 radical (unpaired) electrons. The molecule has 12 heavy (non-hydrogen) atoms. The van der Waals surface area contributed by atoms with E-state index in [1.54, 1.807) is 6.20 Å². The molecule has 0 unspecified atom stereocenters. The SMILES string of the molecule is FC(F)(F)CCn1cc(I)cn1. The van der Waals surface area contributed by atoms with E-state index in [1.165, 1.54) is 10.9 Å². The molecule has 0 bridgehead atoms. The van der Waals surface area contributed by atoms with Gasteiger partial charge in [0.1, 0.15) is 0 Å². The third-order valence-electron chi connectivity index (χ3n) is 1.23. The molecule has 0 N–H and O–H groups in total. The Morgan fingerprint density at radius 1 is 1.50 bits per heavy atom. The third kappa shape index (κ3) is 3.42. The Morgan fingerprint density at radius 2 is 2.17 bits per heavy atom. The Kier molecular flexibility index (Phi) is 2.97. The summed E-state index contributed by atoms with van der Waals surface area (Å²) >= 11 is 2.00. The van der Waals surface area contributed by atoms with E-state index >= 15 is 0 Å². The van der Waals surface area contributed by atoms with Crippen molar-refractivity contribution >= 4 is 22.6 Å². The lowest BCUT2D eigenvalue weighted by Gasteiger charge is -2.04. The zero-order valence-electron chi connectivity index (χ0n) is 5.98. The molecular formula is C6H6F3IN2. The number of nitrogens with zero attached hydrogens (tertiary/aromatic N) is 2. The molecule has 0 aliphatic heterocycles. The second-order valence-corrected chi connectivity index (χ2v) is 3.53. The predicted molar refractivity (Wildman–Crippen MR) is 45.6 cm³/mol. The van der Waals surface area contributed by atoms with Gasteiger partial charge in [0.15, 0.2) is 0 Å². The maximum Gasteiger partial charge on any atom is 0.390 e. The van der Waals surface area contributed by atoms with Crippen LogP contribution in [0.1, 0.15) is 6.42 Å². The number of rotatable bonds is 2. The van der Waals surface area contributed by atoms with Crippen LogP contribution in [-0.4, -0.2) is 16.0 Å². The van der Waals surface area contributed by atoms with Gasteiger partial charge < -0.3 is 0 Å². The number of hydrogen-bond donors (Lipinski definition) is 0. The first-order valence-corrected chi connectivity index (χ1v) is 4.30. The average molecular weight is 290 g/mol. The molecule has 2 nitrogen and oxygen atoms in total. The first-order valence-electron chi connectivity index (χ1n) is 3.22. The van der Waals surface area contributed by atoms with Crippen molar-refractivity contribution in [3.05, 3.63) is 16.0 Å². The molecular weight excluding hydrogens is 284 g/mol. The molecule has 1 heterocycles. The second kappa shape index (κ2) is 3.63. The third-order valence-corrected chi connectivity index (χ3v) is 1.78. The lowest BCUT2D eigenvalue weighted by atomic mass is 10.4. The number of halogens is 4. The van der Waals surface area contributed by atoms with E-state index in [2.05, 4.69) is 5.10 Å². The van der Waals surface area contributed by atoms with Gasteiger partial charge in [-0.25, -0.2) is 0 Å². The highest BCUT2D eigenvalue weighted by molar-refractivity contribution is 14.1. The van der Waals surface area contributed by atoms with Gasteiger partial charge in [0.25, 0.3) is 0 Å². The zero-order valence-corrected chi connectivity index (χ0v) is 8.13. The Bertz CT molecular complexity index is 256. The van der Waals surface area contributed by atoms with Gasteiger partial charge in [-0.2, -0.15) is 18.3 Å². The van der Waals surface area contributed by atoms with Crippen LogP contribution in [0.3, 0.4) is 0 Å². The van der Waals surface area contributed by atoms with E-state index in [-0.39, 0.29) is 6.54 Å². The molecule has 0 spiro atoms. The lowest BCUT2D eigenvalue weighted by Crippen LogP contribution is -2.12. The molecule has 1 aromatic heterocycles. The van der Waals surface area contributed by atoms with Crippen molar-refractivity contribution in [2.75, 3.05) is 0 Å². The van der Waals surface area contributed by atoms with Crippen molar-refractivity contribution in [3.8, 4) is 0 Å². The summed E-state index contributed by atoms with van der Waals surface area (Å²) < 4.78 is 37.2. The maximum absolute atomic E-state index is 11.7. The van der Waals surface area contributed by atoms with Gasteiger partial charge in [-0.15, -0.1) is 0 Å². The van der Waals surface area contributed by atoms with Gasteiger partial charge in [-0.05, 0) is 22.6 Å². The van der Waals surface area contributed by atoms with Crippen LogP contribution in [-0.2, 0) is 6.54 Å². The summed E-state index contributed by atoms with van der Waals surface area (Å²) in [5.41, 5.74) is 0. The van der Waals surface area contributed by atoms with Gasteiger partial charge >= 0.3 is 6.18 Å². The van der Waals surface area contributed by atoms with Crippen LogP contribution < -0.4 is 0 Å². The van der Waals surface area contributed by atoms with E-state index in [4.69, 9.17) is 0 Å². The smallest absolute Gasteiger partial charge is 0.271 e. The molecule has 0 aromatic carbocycles. The molecule has 1 rings (SSSR count). The standard InChI is InChI=1S/C6H6F3IN2/c7-6(8,9)1-2-12-4-5(10)3-11-12/h3-4H,1-2H2. The van der Waals surface area contributed by atoms with Crippen LogP contribution in [0.4, 0.5) is 13.2 Å². The highest BCUT2D eigenvalue weighted by Crippen LogP contribution is 2.20. The highest BCUT2D eigenvalue weighted by Gasteiger charge is 2.26. The van der Waals surface area contributed by atoms with Crippen LogP contribution in [0.15, 0.2) is 12.4 Å². The fourth-order valence-electron chi connectivity index (χ4n) is 0.702. The van der Waals surface area contributed by atoms with E-state index < -0.39 is 12.6 Å². The first-order chi connectivity index (χ1) is 5.47. The molecule has 68 valence electrons. The average Bonchev–Trinajstić information content (AvgIpc) is 2.30. The Morgan fingerprint density at radius 3 is 2.58 bits per heavy atom. The lowest BCUT2D eigenvalue weighted by molar-refractivity contribution is -0.137. The first kappa shape index (κ1) is 9.82. The van der Waals surface area contributed by atoms with Crippen LogP contribution >= 0.6 is 22.6 Å². The van der Waals surface area contributed by atoms with Crippen molar-refractivity contribution in [1.29, 1.82) is 0 Å². The van der Waals surface area contributed by atoms with E-state index in [0.29, 0.717) is 0 Å². The van der Waals surface area contributed by atoms with Crippen LogP contribution in [0, 0.1) is 3.57 Å². The van der Waals surface area contributed by atoms with Gasteiger partial charge in [-0.1, -0.05) is 0 Å². The van der Waals surface area contributed by atoms with Gasteiger partial charge in [0, 0.05) is 12.7 Å². The monoisotopic (exact) mass is 290 g/mol. The van der Waals surface area contributed by atoms with Crippen LogP contribution in [0.5, 0.6) is 0 Å². The van der Waals surface area contributed by atoms with Gasteiger partial charge in [-0.3, -0.25) is 4.68 Å². The van der Waals surface area contributed by atoms with E-state index in [1.807, 2.05) is 22.6 Å². The fourth-order valence-corrected chi connectivity index (χ4v) is 1.15. The summed E-state index contributed by atoms with van der Waals surface area (Å²) in [5.74, 6) is 0. The molecule has 0 atom stereocenters. The van der Waals surface area contributed by atoms with Crippen molar-refractivity contribution in [2.24, 2.45) is 0 Å². The molecule has 0 aliphatic carbocycles. The minimum absolute atomic E-state index is 0.105. The number of aromatic nitrogens is 2. The van der Waals surface area contributed by atoms with E-state index in [9.17, 15) is 13.2 Å². The summed E-state index contributed by atoms with van der Waals surface area (Å²) in [7, 11) is 0. The number of aryl methyl sites for hydroxylation is 1. The Balaban J connectivity index is 2.44. The quantitative estimate of drug-likeness (QED) is 0.765. The zero-order chi connectivity index (χ0) is 9.19. The maximum atomic E-state index is 11.7. The van der Waals surface area contributed by atoms with Crippen LogP contribution in [0.2, 0.25) is 0 Å². The molecule has 6 heteroatoms. The summed E-state index contributed by atoms with van der Waals surface area (Å²) in [6, 6.07) is 0. The van der Waals surface area contributed by atoms with Crippen LogP contribution in [0.25, 0.3) is 0 Å². The molecule has 0 aliphatic rings. The molecule has 0 fully saturated rings. The normalized spacial score (nSPS) is 12.0. The molecule has 0 saturated carbocycles.